The molecule has 1 unspecified atom stereocenters. The van der Waals surface area contributed by atoms with E-state index < -0.39 is 0 Å². The van der Waals surface area contributed by atoms with E-state index in [0.717, 1.165) is 30.9 Å². The molecule has 0 spiro atoms. The number of hydrogen-bond acceptors (Lipinski definition) is 3. The van der Waals surface area contributed by atoms with Crippen molar-refractivity contribution in [2.75, 3.05) is 20.3 Å². The van der Waals surface area contributed by atoms with Gasteiger partial charge < -0.3 is 15.2 Å². The molecule has 0 radical (unpaired) electrons. The molecule has 0 aromatic heterocycles. The Morgan fingerprint density at radius 3 is 3.00 bits per heavy atom. The zero-order chi connectivity index (χ0) is 11.6. The quantitative estimate of drug-likeness (QED) is 0.831. The highest BCUT2D eigenvalue weighted by Gasteiger charge is 2.30. The molecule has 16 heavy (non-hydrogen) atoms. The highest BCUT2D eigenvalue weighted by Crippen LogP contribution is 2.39. The summed E-state index contributed by atoms with van der Waals surface area (Å²) in [4.78, 5) is 0. The van der Waals surface area contributed by atoms with E-state index in [2.05, 4.69) is 6.92 Å². The van der Waals surface area contributed by atoms with Crippen molar-refractivity contribution in [3.05, 3.63) is 23.8 Å². The van der Waals surface area contributed by atoms with Gasteiger partial charge in [0.1, 0.15) is 11.5 Å². The van der Waals surface area contributed by atoms with Crippen molar-refractivity contribution in [1.29, 1.82) is 0 Å². The van der Waals surface area contributed by atoms with Gasteiger partial charge in [0, 0.05) is 17.5 Å². The summed E-state index contributed by atoms with van der Waals surface area (Å²) < 4.78 is 11.0. The molecule has 88 valence electrons. The van der Waals surface area contributed by atoms with Crippen LogP contribution in [0.5, 0.6) is 11.5 Å². The van der Waals surface area contributed by atoms with Crippen LogP contribution in [0.2, 0.25) is 0 Å². The number of hydrogen-bond donors (Lipinski definition) is 1. The lowest BCUT2D eigenvalue weighted by Gasteiger charge is -2.27. The summed E-state index contributed by atoms with van der Waals surface area (Å²) in [5, 5.41) is 0. The molecule has 1 aromatic carbocycles. The lowest BCUT2D eigenvalue weighted by atomic mass is 9.78. The van der Waals surface area contributed by atoms with Gasteiger partial charge in [-0.15, -0.1) is 0 Å². The van der Waals surface area contributed by atoms with Crippen LogP contribution in [-0.2, 0) is 5.41 Å². The van der Waals surface area contributed by atoms with Gasteiger partial charge in [0.2, 0.25) is 0 Å². The van der Waals surface area contributed by atoms with Gasteiger partial charge in [0.05, 0.1) is 13.7 Å². The van der Waals surface area contributed by atoms with Crippen molar-refractivity contribution in [2.24, 2.45) is 5.73 Å². The van der Waals surface area contributed by atoms with Crippen molar-refractivity contribution in [2.45, 2.75) is 25.2 Å². The molecule has 1 atom stereocenters. The van der Waals surface area contributed by atoms with E-state index >= 15 is 0 Å². The molecule has 3 nitrogen and oxygen atoms in total. The van der Waals surface area contributed by atoms with E-state index in [1.165, 1.54) is 5.56 Å². The maximum atomic E-state index is 5.92. The summed E-state index contributed by atoms with van der Waals surface area (Å²) in [6, 6.07) is 5.96. The predicted molar refractivity (Wildman–Crippen MR) is 64.1 cm³/mol. The van der Waals surface area contributed by atoms with E-state index in [0.29, 0.717) is 6.54 Å². The second-order valence-corrected chi connectivity index (χ2v) is 4.58. The third-order valence-electron chi connectivity index (χ3n) is 3.42. The maximum absolute atomic E-state index is 5.92. The number of nitrogens with two attached hydrogens (primary N) is 1. The van der Waals surface area contributed by atoms with E-state index in [4.69, 9.17) is 15.2 Å². The normalized spacial score (nSPS) is 24.2. The van der Waals surface area contributed by atoms with Crippen LogP contribution >= 0.6 is 0 Å². The minimum Gasteiger partial charge on any atom is -0.497 e. The van der Waals surface area contributed by atoms with E-state index in [-0.39, 0.29) is 5.41 Å². The first-order valence-corrected chi connectivity index (χ1v) is 5.71. The van der Waals surface area contributed by atoms with Crippen LogP contribution < -0.4 is 15.2 Å². The standard InChI is InChI=1S/C13H19NO2/c1-13(9-14)6-3-7-16-12-5-4-10(15-2)8-11(12)13/h4-5,8H,3,6-7,9,14H2,1-2H3. The lowest BCUT2D eigenvalue weighted by molar-refractivity contribution is 0.312. The van der Waals surface area contributed by atoms with Crippen LogP contribution in [0, 0.1) is 0 Å². The average molecular weight is 221 g/mol. The molecule has 1 heterocycles. The van der Waals surface area contributed by atoms with E-state index in [1.807, 2.05) is 18.2 Å². The minimum absolute atomic E-state index is 0.000370. The van der Waals surface area contributed by atoms with Crippen LogP contribution in [0.3, 0.4) is 0 Å². The van der Waals surface area contributed by atoms with Gasteiger partial charge in [0.25, 0.3) is 0 Å². The monoisotopic (exact) mass is 221 g/mol. The molecule has 1 aromatic rings. The summed E-state index contributed by atoms with van der Waals surface area (Å²) in [6.07, 6.45) is 2.11. The van der Waals surface area contributed by atoms with Crippen LogP contribution in [0.1, 0.15) is 25.3 Å². The van der Waals surface area contributed by atoms with Crippen LogP contribution in [0.4, 0.5) is 0 Å². The Kier molecular flexibility index (Phi) is 3.06. The first-order chi connectivity index (χ1) is 7.69. The average Bonchev–Trinajstić information content (AvgIpc) is 2.49. The number of fused-ring (bicyclic) bond motifs is 1. The molecular formula is C13H19NO2. The molecule has 0 aliphatic carbocycles. The topological polar surface area (TPSA) is 44.5 Å². The molecule has 1 aliphatic heterocycles. The first kappa shape index (κ1) is 11.3. The zero-order valence-electron chi connectivity index (χ0n) is 9.95. The van der Waals surface area contributed by atoms with Gasteiger partial charge in [-0.05, 0) is 31.0 Å². The van der Waals surface area contributed by atoms with E-state index in [9.17, 15) is 0 Å². The second-order valence-electron chi connectivity index (χ2n) is 4.58. The summed E-state index contributed by atoms with van der Waals surface area (Å²) in [7, 11) is 1.68. The second kappa shape index (κ2) is 4.34. The van der Waals surface area contributed by atoms with Crippen LogP contribution in [0.25, 0.3) is 0 Å². The Hall–Kier alpha value is -1.22. The molecule has 0 fully saturated rings. The molecule has 0 saturated heterocycles. The van der Waals surface area contributed by atoms with Crippen LogP contribution in [0.15, 0.2) is 18.2 Å². The van der Waals surface area contributed by atoms with Crippen molar-refractivity contribution in [1.82, 2.24) is 0 Å². The molecule has 0 amide bonds. The van der Waals surface area contributed by atoms with Crippen LogP contribution in [-0.4, -0.2) is 20.3 Å². The van der Waals surface area contributed by atoms with Crippen molar-refractivity contribution < 1.29 is 9.47 Å². The first-order valence-electron chi connectivity index (χ1n) is 5.71. The van der Waals surface area contributed by atoms with Gasteiger partial charge in [-0.25, -0.2) is 0 Å². The Morgan fingerprint density at radius 2 is 2.31 bits per heavy atom. The summed E-state index contributed by atoms with van der Waals surface area (Å²) in [5.74, 6) is 1.81. The van der Waals surface area contributed by atoms with Gasteiger partial charge in [0.15, 0.2) is 0 Å². The number of methoxy groups -OCH3 is 1. The third kappa shape index (κ3) is 1.87. The molecule has 2 rings (SSSR count). The third-order valence-corrected chi connectivity index (χ3v) is 3.42. The molecule has 3 heteroatoms. The van der Waals surface area contributed by atoms with E-state index in [1.54, 1.807) is 7.11 Å². The predicted octanol–water partition coefficient (Wildman–Crippen LogP) is 2.08. The minimum atomic E-state index is 0.000370. The SMILES string of the molecule is COc1ccc2c(c1)C(C)(CN)CCCO2. The van der Waals surface area contributed by atoms with Crippen molar-refractivity contribution >= 4 is 0 Å². The molecule has 2 N–H and O–H groups in total. The van der Waals surface area contributed by atoms with Gasteiger partial charge >= 0.3 is 0 Å². The highest BCUT2D eigenvalue weighted by molar-refractivity contribution is 5.45. The number of rotatable bonds is 2. The Balaban J connectivity index is 2.49. The van der Waals surface area contributed by atoms with Gasteiger partial charge in [-0.3, -0.25) is 0 Å². The Morgan fingerprint density at radius 1 is 1.50 bits per heavy atom. The summed E-state index contributed by atoms with van der Waals surface area (Å²) in [5.41, 5.74) is 7.09. The Labute approximate surface area is 96.5 Å². The Bertz CT molecular complexity index is 378. The maximum Gasteiger partial charge on any atom is 0.123 e. The van der Waals surface area contributed by atoms with Gasteiger partial charge in [-0.1, -0.05) is 6.92 Å². The molecular weight excluding hydrogens is 202 g/mol. The van der Waals surface area contributed by atoms with Crippen molar-refractivity contribution in [3.63, 3.8) is 0 Å². The fourth-order valence-electron chi connectivity index (χ4n) is 2.22. The largest absolute Gasteiger partial charge is 0.497 e. The zero-order valence-corrected chi connectivity index (χ0v) is 9.95. The van der Waals surface area contributed by atoms with Gasteiger partial charge in [-0.2, -0.15) is 0 Å². The van der Waals surface area contributed by atoms with Crippen molar-refractivity contribution in [3.8, 4) is 11.5 Å². The fraction of sp³-hybridized carbons (Fsp3) is 0.538. The number of benzene rings is 1. The molecule has 1 aliphatic rings. The lowest BCUT2D eigenvalue weighted by Crippen LogP contribution is -2.31. The fourth-order valence-corrected chi connectivity index (χ4v) is 2.22. The molecule has 0 bridgehead atoms. The molecule has 0 saturated carbocycles. The highest BCUT2D eigenvalue weighted by atomic mass is 16.5. The summed E-state index contributed by atoms with van der Waals surface area (Å²) >= 11 is 0. The summed E-state index contributed by atoms with van der Waals surface area (Å²) in [6.45, 7) is 3.60. The number of ether oxygens (including phenoxy) is 2. The smallest absolute Gasteiger partial charge is 0.123 e.